The molecule has 1 aliphatic heterocycles. The van der Waals surface area contributed by atoms with Crippen molar-refractivity contribution < 1.29 is 14.7 Å². The second-order valence-electron chi connectivity index (χ2n) is 4.93. The summed E-state index contributed by atoms with van der Waals surface area (Å²) in [7, 11) is 0. The molecule has 2 atom stereocenters. The molecule has 2 amide bonds. The zero-order chi connectivity index (χ0) is 14.7. The lowest BCUT2D eigenvalue weighted by atomic mass is 9.94. The summed E-state index contributed by atoms with van der Waals surface area (Å²) in [6.45, 7) is 5.70. The van der Waals surface area contributed by atoms with Crippen molar-refractivity contribution in [3.05, 3.63) is 48.0 Å². The number of rotatable bonds is 3. The first-order valence-corrected chi connectivity index (χ1v) is 6.52. The van der Waals surface area contributed by atoms with Crippen LogP contribution >= 0.6 is 0 Å². The van der Waals surface area contributed by atoms with E-state index in [0.717, 1.165) is 11.1 Å². The predicted octanol–water partition coefficient (Wildman–Crippen LogP) is 1.78. The van der Waals surface area contributed by atoms with Gasteiger partial charge in [0.05, 0.1) is 0 Å². The van der Waals surface area contributed by atoms with Gasteiger partial charge in [-0.25, -0.2) is 9.59 Å². The van der Waals surface area contributed by atoms with Crippen molar-refractivity contribution in [2.75, 3.05) is 0 Å². The molecule has 2 rings (SSSR count). The Kier molecular flexibility index (Phi) is 4.08. The van der Waals surface area contributed by atoms with Gasteiger partial charge >= 0.3 is 12.0 Å². The number of carboxylic acid groups (broad SMARTS) is 1. The van der Waals surface area contributed by atoms with Crippen molar-refractivity contribution in [3.63, 3.8) is 0 Å². The fourth-order valence-electron chi connectivity index (χ4n) is 2.29. The Morgan fingerprint density at radius 1 is 1.45 bits per heavy atom. The van der Waals surface area contributed by atoms with Crippen LogP contribution in [0.3, 0.4) is 0 Å². The van der Waals surface area contributed by atoms with E-state index in [1.54, 1.807) is 13.0 Å². The molecule has 0 spiro atoms. The molecule has 0 saturated heterocycles. The number of urea groups is 1. The molecule has 1 unspecified atom stereocenters. The Morgan fingerprint density at radius 3 is 2.70 bits per heavy atom. The van der Waals surface area contributed by atoms with Crippen LogP contribution in [0.5, 0.6) is 0 Å². The first-order valence-electron chi connectivity index (χ1n) is 6.52. The number of hydrogen-bond donors (Lipinski definition) is 2. The van der Waals surface area contributed by atoms with E-state index in [1.165, 1.54) is 4.90 Å². The van der Waals surface area contributed by atoms with Gasteiger partial charge in [0.2, 0.25) is 0 Å². The highest BCUT2D eigenvalue weighted by Crippen LogP contribution is 2.23. The molecule has 20 heavy (non-hydrogen) atoms. The van der Waals surface area contributed by atoms with Crippen LogP contribution in [-0.2, 0) is 17.8 Å². The molecule has 1 aromatic rings. The van der Waals surface area contributed by atoms with Crippen LogP contribution in [0, 0.1) is 0 Å². The molecule has 106 valence electrons. The Hall–Kier alpha value is -2.30. The molecule has 5 heteroatoms. The van der Waals surface area contributed by atoms with Gasteiger partial charge < -0.3 is 15.3 Å². The fraction of sp³-hybridized carbons (Fsp3) is 0.333. The minimum Gasteiger partial charge on any atom is -0.480 e. The maximum atomic E-state index is 12.2. The monoisotopic (exact) mass is 274 g/mol. The van der Waals surface area contributed by atoms with Gasteiger partial charge in [-0.2, -0.15) is 0 Å². The Bertz CT molecular complexity index is 542. The zero-order valence-corrected chi connectivity index (χ0v) is 11.4. The van der Waals surface area contributed by atoms with E-state index in [0.29, 0.717) is 13.0 Å². The van der Waals surface area contributed by atoms with E-state index in [-0.39, 0.29) is 12.1 Å². The van der Waals surface area contributed by atoms with Gasteiger partial charge in [0.1, 0.15) is 6.04 Å². The molecule has 0 aliphatic carbocycles. The van der Waals surface area contributed by atoms with Crippen LogP contribution < -0.4 is 5.32 Å². The van der Waals surface area contributed by atoms with E-state index in [4.69, 9.17) is 0 Å². The van der Waals surface area contributed by atoms with Crippen molar-refractivity contribution >= 4 is 12.0 Å². The van der Waals surface area contributed by atoms with E-state index < -0.39 is 12.0 Å². The Labute approximate surface area is 117 Å². The molecule has 5 nitrogen and oxygen atoms in total. The van der Waals surface area contributed by atoms with Crippen molar-refractivity contribution in [2.24, 2.45) is 0 Å². The van der Waals surface area contributed by atoms with Gasteiger partial charge in [-0.05, 0) is 18.1 Å². The molecule has 0 fully saturated rings. The molecule has 0 radical (unpaired) electrons. The second kappa shape index (κ2) is 5.77. The first-order chi connectivity index (χ1) is 9.52. The molecule has 1 aliphatic rings. The third kappa shape index (κ3) is 2.82. The van der Waals surface area contributed by atoms with Gasteiger partial charge in [-0.3, -0.25) is 0 Å². The summed E-state index contributed by atoms with van der Waals surface area (Å²) in [5.74, 6) is -0.985. The summed E-state index contributed by atoms with van der Waals surface area (Å²) in [6.07, 6.45) is 1.94. The Morgan fingerprint density at radius 2 is 2.10 bits per heavy atom. The lowest BCUT2D eigenvalue weighted by molar-refractivity contribution is -0.142. The molecular weight excluding hydrogens is 256 g/mol. The maximum absolute atomic E-state index is 12.2. The number of carbonyl (C=O) groups excluding carboxylic acids is 1. The number of nitrogens with zero attached hydrogens (tertiary/aromatic N) is 1. The van der Waals surface area contributed by atoms with Crippen molar-refractivity contribution in [1.82, 2.24) is 10.2 Å². The standard InChI is InChI=1S/C15H18N2O3/c1-3-10(2)16-15(20)17-9-12-7-5-4-6-11(12)8-13(17)14(18)19/h3-7,10,13H,1,8-9H2,2H3,(H,16,20)(H,18,19)/t10?,13-/m1/s1. The molecule has 1 aromatic carbocycles. The fourth-order valence-corrected chi connectivity index (χ4v) is 2.29. The molecule has 2 N–H and O–H groups in total. The summed E-state index contributed by atoms with van der Waals surface area (Å²) >= 11 is 0. The zero-order valence-electron chi connectivity index (χ0n) is 11.4. The van der Waals surface area contributed by atoms with Crippen LogP contribution in [0.2, 0.25) is 0 Å². The summed E-state index contributed by atoms with van der Waals surface area (Å²) in [5.41, 5.74) is 1.98. The topological polar surface area (TPSA) is 69.6 Å². The van der Waals surface area contributed by atoms with Crippen LogP contribution in [0.1, 0.15) is 18.1 Å². The predicted molar refractivity (Wildman–Crippen MR) is 75.3 cm³/mol. The van der Waals surface area contributed by atoms with E-state index in [2.05, 4.69) is 11.9 Å². The summed E-state index contributed by atoms with van der Waals surface area (Å²) in [6, 6.07) is 6.20. The quantitative estimate of drug-likeness (QED) is 0.825. The van der Waals surface area contributed by atoms with Crippen LogP contribution in [0.25, 0.3) is 0 Å². The highest BCUT2D eigenvalue weighted by Gasteiger charge is 2.34. The molecule has 1 heterocycles. The lowest BCUT2D eigenvalue weighted by Gasteiger charge is -2.34. The van der Waals surface area contributed by atoms with Crippen molar-refractivity contribution in [2.45, 2.75) is 32.0 Å². The highest BCUT2D eigenvalue weighted by molar-refractivity contribution is 5.83. The number of aliphatic carboxylic acids is 1. The summed E-state index contributed by atoms with van der Waals surface area (Å²) < 4.78 is 0. The average Bonchev–Trinajstić information content (AvgIpc) is 2.45. The number of fused-ring (bicyclic) bond motifs is 1. The van der Waals surface area contributed by atoms with Crippen molar-refractivity contribution in [1.29, 1.82) is 0 Å². The minimum atomic E-state index is -0.985. The summed E-state index contributed by atoms with van der Waals surface area (Å²) in [4.78, 5) is 25.0. The minimum absolute atomic E-state index is 0.200. The number of nitrogens with one attached hydrogen (secondary N) is 1. The lowest BCUT2D eigenvalue weighted by Crippen LogP contribution is -2.53. The maximum Gasteiger partial charge on any atom is 0.326 e. The molecular formula is C15H18N2O3. The first kappa shape index (κ1) is 14.1. The number of amides is 2. The van der Waals surface area contributed by atoms with Gasteiger partial charge in [0.25, 0.3) is 0 Å². The van der Waals surface area contributed by atoms with E-state index >= 15 is 0 Å². The SMILES string of the molecule is C=CC(C)NC(=O)N1Cc2ccccc2C[C@@H]1C(=O)O. The van der Waals surface area contributed by atoms with Crippen LogP contribution in [-0.4, -0.2) is 34.1 Å². The Balaban J connectivity index is 2.24. The van der Waals surface area contributed by atoms with Gasteiger partial charge in [0, 0.05) is 19.0 Å². The van der Waals surface area contributed by atoms with Gasteiger partial charge in [-0.1, -0.05) is 30.3 Å². The molecule has 0 bridgehead atoms. The van der Waals surface area contributed by atoms with E-state index in [9.17, 15) is 14.7 Å². The number of carbonyl (C=O) groups is 2. The van der Waals surface area contributed by atoms with Crippen molar-refractivity contribution in [3.8, 4) is 0 Å². The molecule has 0 aromatic heterocycles. The average molecular weight is 274 g/mol. The van der Waals surface area contributed by atoms with Crippen LogP contribution in [0.15, 0.2) is 36.9 Å². The second-order valence-corrected chi connectivity index (χ2v) is 4.93. The normalized spacial score (nSPS) is 18.9. The van der Waals surface area contributed by atoms with Crippen LogP contribution in [0.4, 0.5) is 4.79 Å². The number of carboxylic acids is 1. The van der Waals surface area contributed by atoms with Gasteiger partial charge in [-0.15, -0.1) is 6.58 Å². The smallest absolute Gasteiger partial charge is 0.326 e. The van der Waals surface area contributed by atoms with Gasteiger partial charge in [0.15, 0.2) is 0 Å². The third-order valence-electron chi connectivity index (χ3n) is 3.50. The largest absolute Gasteiger partial charge is 0.480 e. The molecule has 0 saturated carbocycles. The third-order valence-corrected chi connectivity index (χ3v) is 3.50. The summed E-state index contributed by atoms with van der Waals surface area (Å²) in [5, 5.41) is 12.1. The number of benzene rings is 1. The van der Waals surface area contributed by atoms with E-state index in [1.807, 2.05) is 24.3 Å². The number of hydrogen-bond acceptors (Lipinski definition) is 2. The highest BCUT2D eigenvalue weighted by atomic mass is 16.4.